The molecule has 0 atom stereocenters. The van der Waals surface area contributed by atoms with Gasteiger partial charge in [0.05, 0.1) is 0 Å². The lowest BCUT2D eigenvalue weighted by atomic mass is 9.53. The fourth-order valence-electron chi connectivity index (χ4n) is 4.29. The molecule has 0 saturated heterocycles. The molecule has 0 spiro atoms. The van der Waals surface area contributed by atoms with Crippen molar-refractivity contribution in [2.24, 2.45) is 23.6 Å². The van der Waals surface area contributed by atoms with Crippen molar-refractivity contribution in [3.8, 4) is 0 Å². The standard InChI is InChI=1S/C10H18N2.2ClH.H2O/c11-12-10-4-7-1-8(5-10)3-9(2-7)6-10;;;/h7-9,12H,1-6,11H2;2*1H;1H2. The highest BCUT2D eigenvalue weighted by molar-refractivity contribution is 5.85. The van der Waals surface area contributed by atoms with Gasteiger partial charge in [0, 0.05) is 5.54 Å². The first-order chi connectivity index (χ1) is 5.80. The minimum atomic E-state index is 0. The van der Waals surface area contributed by atoms with Gasteiger partial charge in [0.15, 0.2) is 0 Å². The van der Waals surface area contributed by atoms with Crippen molar-refractivity contribution in [1.29, 1.82) is 0 Å². The van der Waals surface area contributed by atoms with Crippen LogP contribution >= 0.6 is 24.8 Å². The predicted octanol–water partition coefficient (Wildman–Crippen LogP) is 1.44. The predicted molar refractivity (Wildman–Crippen MR) is 66.3 cm³/mol. The Bertz CT molecular complexity index is 178. The first-order valence-corrected chi connectivity index (χ1v) is 5.27. The third kappa shape index (κ3) is 2.42. The molecule has 92 valence electrons. The fraction of sp³-hybridized carbons (Fsp3) is 1.00. The summed E-state index contributed by atoms with van der Waals surface area (Å²) >= 11 is 0. The Morgan fingerprint density at radius 3 is 1.47 bits per heavy atom. The van der Waals surface area contributed by atoms with E-state index in [9.17, 15) is 0 Å². The zero-order valence-corrected chi connectivity index (χ0v) is 10.5. The van der Waals surface area contributed by atoms with Gasteiger partial charge in [-0.3, -0.25) is 11.3 Å². The first-order valence-electron chi connectivity index (χ1n) is 5.27. The van der Waals surface area contributed by atoms with Gasteiger partial charge in [0.1, 0.15) is 0 Å². The summed E-state index contributed by atoms with van der Waals surface area (Å²) in [5.74, 6) is 8.70. The van der Waals surface area contributed by atoms with E-state index in [0.29, 0.717) is 5.54 Å². The molecule has 0 unspecified atom stereocenters. The van der Waals surface area contributed by atoms with Gasteiger partial charge in [-0.1, -0.05) is 0 Å². The average molecular weight is 257 g/mol. The number of nitrogens with one attached hydrogen (secondary N) is 1. The largest absolute Gasteiger partial charge is 0.412 e. The van der Waals surface area contributed by atoms with E-state index < -0.39 is 0 Å². The third-order valence-electron chi connectivity index (χ3n) is 4.34. The van der Waals surface area contributed by atoms with Crippen molar-refractivity contribution in [1.82, 2.24) is 5.43 Å². The maximum Gasteiger partial charge on any atom is 0.0329 e. The molecule has 0 amide bonds. The summed E-state index contributed by atoms with van der Waals surface area (Å²) in [4.78, 5) is 0. The molecule has 4 aliphatic carbocycles. The van der Waals surface area contributed by atoms with E-state index in [1.807, 2.05) is 0 Å². The molecule has 4 bridgehead atoms. The molecule has 15 heavy (non-hydrogen) atoms. The molecule has 4 aliphatic rings. The zero-order chi connectivity index (χ0) is 8.18. The Morgan fingerprint density at radius 1 is 0.867 bits per heavy atom. The minimum Gasteiger partial charge on any atom is -0.412 e. The summed E-state index contributed by atoms with van der Waals surface area (Å²) in [6, 6.07) is 0. The van der Waals surface area contributed by atoms with Gasteiger partial charge in [-0.2, -0.15) is 0 Å². The summed E-state index contributed by atoms with van der Waals surface area (Å²) in [6.45, 7) is 0. The summed E-state index contributed by atoms with van der Waals surface area (Å²) in [5, 5.41) is 0. The summed E-state index contributed by atoms with van der Waals surface area (Å²) in [6.07, 6.45) is 8.57. The smallest absolute Gasteiger partial charge is 0.0329 e. The molecule has 5 heteroatoms. The molecule has 0 radical (unpaired) electrons. The third-order valence-corrected chi connectivity index (χ3v) is 4.34. The van der Waals surface area contributed by atoms with E-state index >= 15 is 0 Å². The van der Waals surface area contributed by atoms with Crippen molar-refractivity contribution in [3.05, 3.63) is 0 Å². The maximum atomic E-state index is 5.68. The molecule has 4 fully saturated rings. The minimum absolute atomic E-state index is 0. The molecule has 0 aromatic heterocycles. The molecular weight excluding hydrogens is 235 g/mol. The zero-order valence-electron chi connectivity index (χ0n) is 8.87. The second-order valence-corrected chi connectivity index (χ2v) is 5.34. The number of nitrogens with two attached hydrogens (primary N) is 1. The van der Waals surface area contributed by atoms with E-state index in [4.69, 9.17) is 5.84 Å². The highest BCUT2D eigenvalue weighted by Crippen LogP contribution is 2.55. The monoisotopic (exact) mass is 256 g/mol. The van der Waals surface area contributed by atoms with Crippen LogP contribution < -0.4 is 11.3 Å². The maximum absolute atomic E-state index is 5.68. The Morgan fingerprint density at radius 2 is 1.20 bits per heavy atom. The van der Waals surface area contributed by atoms with Gasteiger partial charge in [-0.05, 0) is 56.3 Å². The van der Waals surface area contributed by atoms with Crippen LogP contribution in [0.3, 0.4) is 0 Å². The van der Waals surface area contributed by atoms with Gasteiger partial charge < -0.3 is 5.48 Å². The summed E-state index contributed by atoms with van der Waals surface area (Å²) < 4.78 is 0. The lowest BCUT2D eigenvalue weighted by molar-refractivity contribution is -0.0196. The van der Waals surface area contributed by atoms with E-state index in [0.717, 1.165) is 17.8 Å². The molecule has 0 heterocycles. The van der Waals surface area contributed by atoms with Crippen LogP contribution in [-0.2, 0) is 0 Å². The SMILES string of the molecule is Cl.Cl.NNC12CC3CC(CC(C3)C1)C2.O. The van der Waals surface area contributed by atoms with Crippen LogP contribution in [-0.4, -0.2) is 11.0 Å². The van der Waals surface area contributed by atoms with Crippen LogP contribution in [0.5, 0.6) is 0 Å². The van der Waals surface area contributed by atoms with E-state index in [1.54, 1.807) is 0 Å². The second kappa shape index (κ2) is 5.19. The van der Waals surface area contributed by atoms with Gasteiger partial charge in [0.2, 0.25) is 0 Å². The van der Waals surface area contributed by atoms with Crippen LogP contribution in [0.15, 0.2) is 0 Å². The van der Waals surface area contributed by atoms with Crippen LogP contribution in [0.4, 0.5) is 0 Å². The van der Waals surface area contributed by atoms with Crippen LogP contribution in [0, 0.1) is 17.8 Å². The van der Waals surface area contributed by atoms with Crippen LogP contribution in [0.1, 0.15) is 38.5 Å². The molecule has 0 aromatic rings. The van der Waals surface area contributed by atoms with Crippen LogP contribution in [0.2, 0.25) is 0 Å². The molecule has 4 saturated carbocycles. The molecule has 4 rings (SSSR count). The number of hydrogen-bond donors (Lipinski definition) is 2. The van der Waals surface area contributed by atoms with Crippen molar-refractivity contribution < 1.29 is 5.48 Å². The highest BCUT2D eigenvalue weighted by atomic mass is 35.5. The average Bonchev–Trinajstić information content (AvgIpc) is 2.02. The lowest BCUT2D eigenvalue weighted by Crippen LogP contribution is -2.60. The molecule has 0 aliphatic heterocycles. The Labute approximate surface area is 104 Å². The topological polar surface area (TPSA) is 69.5 Å². The quantitative estimate of drug-likeness (QED) is 0.551. The Balaban J connectivity index is 0.000000653. The number of hydrazine groups is 1. The van der Waals surface area contributed by atoms with Gasteiger partial charge in [0.25, 0.3) is 0 Å². The molecule has 3 nitrogen and oxygen atoms in total. The number of halogens is 2. The molecular formula is C10H22Cl2N2O. The molecule has 0 aromatic carbocycles. The Kier molecular flexibility index (Phi) is 5.35. The van der Waals surface area contributed by atoms with Gasteiger partial charge in [-0.25, -0.2) is 0 Å². The van der Waals surface area contributed by atoms with E-state index in [1.165, 1.54) is 38.5 Å². The Hall–Kier alpha value is 0.460. The molecule has 5 N–H and O–H groups in total. The van der Waals surface area contributed by atoms with E-state index in [-0.39, 0.29) is 30.3 Å². The van der Waals surface area contributed by atoms with E-state index in [2.05, 4.69) is 5.43 Å². The summed E-state index contributed by atoms with van der Waals surface area (Å²) in [5.41, 5.74) is 3.48. The van der Waals surface area contributed by atoms with Crippen molar-refractivity contribution in [2.75, 3.05) is 0 Å². The first kappa shape index (κ1) is 15.5. The van der Waals surface area contributed by atoms with Crippen molar-refractivity contribution >= 4 is 24.8 Å². The number of hydrogen-bond acceptors (Lipinski definition) is 2. The lowest BCUT2D eigenvalue weighted by Gasteiger charge is -2.56. The fourth-order valence-corrected chi connectivity index (χ4v) is 4.29. The van der Waals surface area contributed by atoms with Crippen molar-refractivity contribution in [3.63, 3.8) is 0 Å². The normalized spacial score (nSPS) is 45.0. The second-order valence-electron chi connectivity index (χ2n) is 5.34. The van der Waals surface area contributed by atoms with Crippen molar-refractivity contribution in [2.45, 2.75) is 44.1 Å². The van der Waals surface area contributed by atoms with Crippen LogP contribution in [0.25, 0.3) is 0 Å². The van der Waals surface area contributed by atoms with Gasteiger partial charge >= 0.3 is 0 Å². The highest BCUT2D eigenvalue weighted by Gasteiger charge is 2.50. The summed E-state index contributed by atoms with van der Waals surface area (Å²) in [7, 11) is 0. The van der Waals surface area contributed by atoms with Gasteiger partial charge in [-0.15, -0.1) is 24.8 Å². The number of rotatable bonds is 1.